The SMILES string of the molecule is CCCC(CN)C(=O)NC1(CO)CCOCC1. The van der Waals surface area contributed by atoms with Crippen LogP contribution >= 0.6 is 0 Å². The highest BCUT2D eigenvalue weighted by atomic mass is 16.5. The van der Waals surface area contributed by atoms with Crippen LogP contribution in [0.4, 0.5) is 0 Å². The first-order valence-electron chi connectivity index (χ1n) is 6.38. The van der Waals surface area contributed by atoms with Gasteiger partial charge in [-0.2, -0.15) is 0 Å². The van der Waals surface area contributed by atoms with Crippen molar-refractivity contribution in [3.63, 3.8) is 0 Å². The number of aliphatic hydroxyl groups excluding tert-OH is 1. The van der Waals surface area contributed by atoms with Crippen LogP contribution < -0.4 is 11.1 Å². The first kappa shape index (κ1) is 14.4. The first-order chi connectivity index (χ1) is 8.17. The number of amides is 1. The molecule has 1 atom stereocenters. The molecule has 0 radical (unpaired) electrons. The van der Waals surface area contributed by atoms with Gasteiger partial charge in [0.15, 0.2) is 0 Å². The predicted molar refractivity (Wildman–Crippen MR) is 65.5 cm³/mol. The van der Waals surface area contributed by atoms with Crippen LogP contribution in [0.15, 0.2) is 0 Å². The van der Waals surface area contributed by atoms with E-state index in [0.717, 1.165) is 12.8 Å². The Balaban J connectivity index is 2.57. The summed E-state index contributed by atoms with van der Waals surface area (Å²) in [4.78, 5) is 12.1. The van der Waals surface area contributed by atoms with Gasteiger partial charge in [-0.05, 0) is 19.3 Å². The molecule has 0 aromatic rings. The van der Waals surface area contributed by atoms with Crippen LogP contribution in [-0.2, 0) is 9.53 Å². The van der Waals surface area contributed by atoms with Gasteiger partial charge in [-0.3, -0.25) is 4.79 Å². The lowest BCUT2D eigenvalue weighted by atomic mass is 9.89. The van der Waals surface area contributed by atoms with Crippen LogP contribution in [0.25, 0.3) is 0 Å². The molecule has 5 heteroatoms. The molecule has 1 fully saturated rings. The quantitative estimate of drug-likeness (QED) is 0.615. The minimum Gasteiger partial charge on any atom is -0.394 e. The van der Waals surface area contributed by atoms with Crippen molar-refractivity contribution in [1.29, 1.82) is 0 Å². The number of nitrogens with one attached hydrogen (secondary N) is 1. The molecule has 0 aromatic heterocycles. The third kappa shape index (κ3) is 3.94. The lowest BCUT2D eigenvalue weighted by Crippen LogP contribution is -2.56. The molecule has 0 bridgehead atoms. The number of nitrogens with two attached hydrogens (primary N) is 1. The first-order valence-corrected chi connectivity index (χ1v) is 6.38. The van der Waals surface area contributed by atoms with E-state index < -0.39 is 5.54 Å². The fourth-order valence-corrected chi connectivity index (χ4v) is 2.15. The van der Waals surface area contributed by atoms with Gasteiger partial charge >= 0.3 is 0 Å². The Morgan fingerprint density at radius 1 is 1.53 bits per heavy atom. The molecule has 1 rings (SSSR count). The largest absolute Gasteiger partial charge is 0.394 e. The molecule has 17 heavy (non-hydrogen) atoms. The zero-order valence-electron chi connectivity index (χ0n) is 10.6. The number of ether oxygens (including phenoxy) is 1. The highest BCUT2D eigenvalue weighted by Crippen LogP contribution is 2.21. The van der Waals surface area contributed by atoms with Gasteiger partial charge in [0.1, 0.15) is 0 Å². The van der Waals surface area contributed by atoms with Crippen molar-refractivity contribution in [2.75, 3.05) is 26.4 Å². The van der Waals surface area contributed by atoms with Crippen LogP contribution in [-0.4, -0.2) is 42.9 Å². The zero-order valence-corrected chi connectivity index (χ0v) is 10.6. The fourth-order valence-electron chi connectivity index (χ4n) is 2.15. The summed E-state index contributed by atoms with van der Waals surface area (Å²) in [5.41, 5.74) is 5.10. The van der Waals surface area contributed by atoms with E-state index in [1.54, 1.807) is 0 Å². The summed E-state index contributed by atoms with van der Waals surface area (Å²) in [6.45, 7) is 3.53. The standard InChI is InChI=1S/C12H24N2O3/c1-2-3-10(8-13)11(16)14-12(9-15)4-6-17-7-5-12/h10,15H,2-9,13H2,1H3,(H,14,16). The molecule has 1 amide bonds. The molecule has 0 aliphatic carbocycles. The van der Waals surface area contributed by atoms with Gasteiger partial charge in [-0.15, -0.1) is 0 Å². The van der Waals surface area contributed by atoms with Gasteiger partial charge in [0, 0.05) is 19.8 Å². The molecular formula is C12H24N2O3. The highest BCUT2D eigenvalue weighted by molar-refractivity contribution is 5.79. The number of aliphatic hydroxyl groups is 1. The summed E-state index contributed by atoms with van der Waals surface area (Å²) in [7, 11) is 0. The van der Waals surface area contributed by atoms with Gasteiger partial charge in [0.25, 0.3) is 0 Å². The van der Waals surface area contributed by atoms with Crippen molar-refractivity contribution in [1.82, 2.24) is 5.32 Å². The van der Waals surface area contributed by atoms with Crippen LogP contribution in [0.3, 0.4) is 0 Å². The van der Waals surface area contributed by atoms with Crippen molar-refractivity contribution in [3.05, 3.63) is 0 Å². The van der Waals surface area contributed by atoms with E-state index in [2.05, 4.69) is 5.32 Å². The maximum absolute atomic E-state index is 12.1. The van der Waals surface area contributed by atoms with Crippen molar-refractivity contribution in [2.24, 2.45) is 11.7 Å². The molecule has 0 spiro atoms. The molecular weight excluding hydrogens is 220 g/mol. The minimum atomic E-state index is -0.503. The van der Waals surface area contributed by atoms with Crippen LogP contribution in [0.1, 0.15) is 32.6 Å². The Morgan fingerprint density at radius 2 is 2.18 bits per heavy atom. The number of rotatable bonds is 6. The number of hydrogen-bond donors (Lipinski definition) is 3. The minimum absolute atomic E-state index is 0.0362. The lowest BCUT2D eigenvalue weighted by molar-refractivity contribution is -0.129. The molecule has 1 saturated heterocycles. The van der Waals surface area contributed by atoms with E-state index in [-0.39, 0.29) is 18.4 Å². The predicted octanol–water partition coefficient (Wildman–Crippen LogP) is 0.0191. The van der Waals surface area contributed by atoms with Crippen LogP contribution in [0.5, 0.6) is 0 Å². The van der Waals surface area contributed by atoms with E-state index in [9.17, 15) is 9.90 Å². The molecule has 100 valence electrons. The van der Waals surface area contributed by atoms with Crippen molar-refractivity contribution < 1.29 is 14.6 Å². The smallest absolute Gasteiger partial charge is 0.224 e. The van der Waals surface area contributed by atoms with Crippen molar-refractivity contribution >= 4 is 5.91 Å². The average molecular weight is 244 g/mol. The monoisotopic (exact) mass is 244 g/mol. The molecule has 0 aromatic carbocycles. The molecule has 1 unspecified atom stereocenters. The van der Waals surface area contributed by atoms with Gasteiger partial charge in [-0.25, -0.2) is 0 Å². The Kier molecular flexibility index (Phi) is 5.88. The Hall–Kier alpha value is -0.650. The Bertz CT molecular complexity index is 240. The van der Waals surface area contributed by atoms with E-state index in [1.165, 1.54) is 0 Å². The second kappa shape index (κ2) is 6.93. The van der Waals surface area contributed by atoms with E-state index in [0.29, 0.717) is 32.6 Å². The zero-order chi connectivity index (χ0) is 12.7. The summed E-state index contributed by atoms with van der Waals surface area (Å²) in [6.07, 6.45) is 3.06. The molecule has 1 heterocycles. The summed E-state index contributed by atoms with van der Waals surface area (Å²) < 4.78 is 5.26. The van der Waals surface area contributed by atoms with Crippen LogP contribution in [0.2, 0.25) is 0 Å². The summed E-state index contributed by atoms with van der Waals surface area (Å²) in [5, 5.41) is 12.4. The summed E-state index contributed by atoms with van der Waals surface area (Å²) in [6, 6.07) is 0. The molecule has 0 saturated carbocycles. The van der Waals surface area contributed by atoms with Gasteiger partial charge in [0.2, 0.25) is 5.91 Å². The van der Waals surface area contributed by atoms with Crippen molar-refractivity contribution in [2.45, 2.75) is 38.1 Å². The van der Waals surface area contributed by atoms with Gasteiger partial charge in [0.05, 0.1) is 18.1 Å². The second-order valence-corrected chi connectivity index (χ2v) is 4.76. The van der Waals surface area contributed by atoms with E-state index in [1.807, 2.05) is 6.92 Å². The van der Waals surface area contributed by atoms with E-state index >= 15 is 0 Å². The summed E-state index contributed by atoms with van der Waals surface area (Å²) >= 11 is 0. The molecule has 1 aliphatic rings. The third-order valence-corrected chi connectivity index (χ3v) is 3.43. The lowest BCUT2D eigenvalue weighted by Gasteiger charge is -2.37. The van der Waals surface area contributed by atoms with Crippen LogP contribution in [0, 0.1) is 5.92 Å². The van der Waals surface area contributed by atoms with E-state index in [4.69, 9.17) is 10.5 Å². The van der Waals surface area contributed by atoms with Crippen molar-refractivity contribution in [3.8, 4) is 0 Å². The second-order valence-electron chi connectivity index (χ2n) is 4.76. The maximum Gasteiger partial charge on any atom is 0.224 e. The maximum atomic E-state index is 12.1. The van der Waals surface area contributed by atoms with Gasteiger partial charge < -0.3 is 20.9 Å². The highest BCUT2D eigenvalue weighted by Gasteiger charge is 2.34. The Labute approximate surface area is 103 Å². The number of carbonyl (C=O) groups excluding carboxylic acids is 1. The number of carbonyl (C=O) groups is 1. The third-order valence-electron chi connectivity index (χ3n) is 3.43. The molecule has 1 aliphatic heterocycles. The average Bonchev–Trinajstić information content (AvgIpc) is 2.36. The van der Waals surface area contributed by atoms with Gasteiger partial charge in [-0.1, -0.05) is 13.3 Å². The topological polar surface area (TPSA) is 84.6 Å². The normalized spacial score (nSPS) is 20.9. The fraction of sp³-hybridized carbons (Fsp3) is 0.917. The molecule has 5 nitrogen and oxygen atoms in total. The summed E-state index contributed by atoms with van der Waals surface area (Å²) in [5.74, 6) is -0.184. The number of hydrogen-bond acceptors (Lipinski definition) is 4. The molecule has 4 N–H and O–H groups in total. The Morgan fingerprint density at radius 3 is 2.65 bits per heavy atom.